The maximum absolute atomic E-state index is 10.8. The van der Waals surface area contributed by atoms with Crippen molar-refractivity contribution in [1.29, 1.82) is 0 Å². The molecule has 0 saturated carbocycles. The van der Waals surface area contributed by atoms with E-state index in [0.717, 1.165) is 12.8 Å². The Bertz CT molecular complexity index is 371. The Morgan fingerprint density at radius 1 is 1.41 bits per heavy atom. The molecule has 0 bridgehead atoms. The third-order valence-corrected chi connectivity index (χ3v) is 3.45. The van der Waals surface area contributed by atoms with Gasteiger partial charge in [0.15, 0.2) is 0 Å². The second-order valence-electron chi connectivity index (χ2n) is 4.70. The molecule has 1 aliphatic rings. The molecule has 17 heavy (non-hydrogen) atoms. The van der Waals surface area contributed by atoms with E-state index in [1.807, 2.05) is 18.2 Å². The van der Waals surface area contributed by atoms with Crippen LogP contribution in [0, 0.1) is 5.92 Å². The van der Waals surface area contributed by atoms with Crippen LogP contribution < -0.4 is 0 Å². The fourth-order valence-electron chi connectivity index (χ4n) is 2.43. The minimum atomic E-state index is -0.662. The lowest BCUT2D eigenvalue weighted by Crippen LogP contribution is -2.51. The summed E-state index contributed by atoms with van der Waals surface area (Å²) in [6.07, 6.45) is 2.21. The van der Waals surface area contributed by atoms with Crippen LogP contribution in [0.15, 0.2) is 30.3 Å². The molecule has 92 valence electrons. The van der Waals surface area contributed by atoms with Crippen molar-refractivity contribution < 1.29 is 9.90 Å². The van der Waals surface area contributed by atoms with Gasteiger partial charge in [0.25, 0.3) is 0 Å². The summed E-state index contributed by atoms with van der Waals surface area (Å²) in [5, 5.41) is 8.91. The van der Waals surface area contributed by atoms with Gasteiger partial charge in [0.1, 0.15) is 0 Å². The molecule has 0 aliphatic carbocycles. The van der Waals surface area contributed by atoms with Crippen LogP contribution in [0.5, 0.6) is 0 Å². The molecule has 1 unspecified atom stereocenters. The number of carboxylic acids is 1. The first-order valence-electron chi connectivity index (χ1n) is 6.24. The molecule has 0 amide bonds. The molecule has 0 aromatic heterocycles. The first-order valence-corrected chi connectivity index (χ1v) is 6.24. The summed E-state index contributed by atoms with van der Waals surface area (Å²) in [5.74, 6) is -0.831. The minimum Gasteiger partial charge on any atom is -0.481 e. The zero-order valence-electron chi connectivity index (χ0n) is 10.2. The smallest absolute Gasteiger partial charge is 0.309 e. The molecule has 1 aromatic rings. The summed E-state index contributed by atoms with van der Waals surface area (Å²) in [4.78, 5) is 13.1. The van der Waals surface area contributed by atoms with Crippen molar-refractivity contribution in [3.05, 3.63) is 35.9 Å². The van der Waals surface area contributed by atoms with Crippen LogP contribution in [0.25, 0.3) is 0 Å². The fourth-order valence-corrected chi connectivity index (χ4v) is 2.43. The summed E-state index contributed by atoms with van der Waals surface area (Å²) in [5.41, 5.74) is 1.30. The molecular weight excluding hydrogens is 214 g/mol. The van der Waals surface area contributed by atoms with Crippen molar-refractivity contribution in [2.24, 2.45) is 5.92 Å². The Hall–Kier alpha value is -1.35. The summed E-state index contributed by atoms with van der Waals surface area (Å²) in [7, 11) is 0. The maximum atomic E-state index is 10.8. The number of aliphatic carboxylic acids is 1. The van der Waals surface area contributed by atoms with Crippen molar-refractivity contribution in [1.82, 2.24) is 4.90 Å². The van der Waals surface area contributed by atoms with Gasteiger partial charge in [0.2, 0.25) is 0 Å². The van der Waals surface area contributed by atoms with E-state index in [1.165, 1.54) is 5.56 Å². The molecule has 1 N–H and O–H groups in total. The van der Waals surface area contributed by atoms with Crippen molar-refractivity contribution in [2.45, 2.75) is 25.8 Å². The van der Waals surface area contributed by atoms with E-state index in [9.17, 15) is 4.79 Å². The molecule has 0 radical (unpaired) electrons. The van der Waals surface area contributed by atoms with Gasteiger partial charge in [0.05, 0.1) is 5.92 Å². The number of hydrogen-bond acceptors (Lipinski definition) is 2. The highest BCUT2D eigenvalue weighted by Crippen LogP contribution is 2.32. The average Bonchev–Trinajstić information content (AvgIpc) is 2.27. The van der Waals surface area contributed by atoms with Crippen molar-refractivity contribution in [2.75, 3.05) is 13.1 Å². The lowest BCUT2D eigenvalue weighted by Gasteiger charge is -2.42. The average molecular weight is 233 g/mol. The zero-order valence-corrected chi connectivity index (χ0v) is 10.2. The van der Waals surface area contributed by atoms with E-state index in [4.69, 9.17) is 5.11 Å². The van der Waals surface area contributed by atoms with Gasteiger partial charge in [0, 0.05) is 19.1 Å². The number of carbonyl (C=O) groups is 1. The molecule has 1 heterocycles. The number of likely N-dealkylation sites (tertiary alicyclic amines) is 1. The second-order valence-corrected chi connectivity index (χ2v) is 4.70. The Kier molecular flexibility index (Phi) is 3.79. The summed E-state index contributed by atoms with van der Waals surface area (Å²) < 4.78 is 0. The van der Waals surface area contributed by atoms with Crippen LogP contribution in [-0.4, -0.2) is 29.1 Å². The quantitative estimate of drug-likeness (QED) is 0.849. The Labute approximate surface area is 102 Å². The first kappa shape index (κ1) is 12.1. The van der Waals surface area contributed by atoms with Gasteiger partial charge >= 0.3 is 5.97 Å². The molecule has 1 aromatic carbocycles. The molecule has 1 fully saturated rings. The number of hydrogen-bond donors (Lipinski definition) is 1. The third-order valence-electron chi connectivity index (χ3n) is 3.45. The predicted octanol–water partition coefficient (Wildman–Crippen LogP) is 2.54. The Morgan fingerprint density at radius 3 is 2.59 bits per heavy atom. The highest BCUT2D eigenvalue weighted by Gasteiger charge is 2.36. The molecule has 0 spiro atoms. The molecule has 3 nitrogen and oxygen atoms in total. The van der Waals surface area contributed by atoms with Gasteiger partial charge in [-0.15, -0.1) is 0 Å². The second kappa shape index (κ2) is 5.32. The van der Waals surface area contributed by atoms with Gasteiger partial charge < -0.3 is 5.11 Å². The Balaban J connectivity index is 2.02. The predicted molar refractivity (Wildman–Crippen MR) is 66.8 cm³/mol. The van der Waals surface area contributed by atoms with Gasteiger partial charge in [-0.25, -0.2) is 0 Å². The van der Waals surface area contributed by atoms with E-state index in [0.29, 0.717) is 19.1 Å². The van der Waals surface area contributed by atoms with E-state index in [1.54, 1.807) is 0 Å². The fraction of sp³-hybridized carbons (Fsp3) is 0.500. The van der Waals surface area contributed by atoms with E-state index in [2.05, 4.69) is 24.0 Å². The molecular formula is C14H19NO2. The largest absolute Gasteiger partial charge is 0.481 e. The standard InChI is InChI=1S/C14H19NO2/c1-2-6-13(11-7-4-3-5-8-11)15-9-12(10-15)14(16)17/h3-5,7-8,12-13H,2,6,9-10H2,1H3,(H,16,17). The zero-order chi connectivity index (χ0) is 12.3. The van der Waals surface area contributed by atoms with Crippen LogP contribution >= 0.6 is 0 Å². The minimum absolute atomic E-state index is 0.168. The van der Waals surface area contributed by atoms with Gasteiger partial charge in [-0.2, -0.15) is 0 Å². The van der Waals surface area contributed by atoms with Crippen molar-refractivity contribution in [3.63, 3.8) is 0 Å². The van der Waals surface area contributed by atoms with Gasteiger partial charge in [-0.3, -0.25) is 9.69 Å². The van der Waals surface area contributed by atoms with Gasteiger partial charge in [-0.05, 0) is 12.0 Å². The van der Waals surface area contributed by atoms with Crippen LogP contribution in [0.3, 0.4) is 0 Å². The Morgan fingerprint density at radius 2 is 2.06 bits per heavy atom. The van der Waals surface area contributed by atoms with Crippen LogP contribution in [0.2, 0.25) is 0 Å². The van der Waals surface area contributed by atoms with E-state index < -0.39 is 5.97 Å². The molecule has 2 rings (SSSR count). The summed E-state index contributed by atoms with van der Waals surface area (Å²) >= 11 is 0. The van der Waals surface area contributed by atoms with E-state index >= 15 is 0 Å². The van der Waals surface area contributed by atoms with E-state index in [-0.39, 0.29) is 5.92 Å². The number of nitrogens with zero attached hydrogens (tertiary/aromatic N) is 1. The number of rotatable bonds is 5. The lowest BCUT2D eigenvalue weighted by molar-refractivity contribution is -0.148. The topological polar surface area (TPSA) is 40.5 Å². The third kappa shape index (κ3) is 2.67. The lowest BCUT2D eigenvalue weighted by atomic mass is 9.92. The SMILES string of the molecule is CCCC(c1ccccc1)N1CC(C(=O)O)C1. The van der Waals surface area contributed by atoms with Crippen molar-refractivity contribution in [3.8, 4) is 0 Å². The van der Waals surface area contributed by atoms with Gasteiger partial charge in [-0.1, -0.05) is 43.7 Å². The monoisotopic (exact) mass is 233 g/mol. The van der Waals surface area contributed by atoms with Crippen LogP contribution in [0.1, 0.15) is 31.4 Å². The van der Waals surface area contributed by atoms with Crippen LogP contribution in [-0.2, 0) is 4.79 Å². The summed E-state index contributed by atoms with van der Waals surface area (Å²) in [6, 6.07) is 10.8. The highest BCUT2D eigenvalue weighted by molar-refractivity contribution is 5.71. The molecule has 1 aliphatic heterocycles. The summed E-state index contributed by atoms with van der Waals surface area (Å²) in [6.45, 7) is 3.55. The number of benzene rings is 1. The first-order chi connectivity index (χ1) is 8.22. The van der Waals surface area contributed by atoms with Crippen molar-refractivity contribution >= 4 is 5.97 Å². The normalized spacial score (nSPS) is 18.6. The number of carboxylic acid groups (broad SMARTS) is 1. The molecule has 1 atom stereocenters. The molecule has 1 saturated heterocycles. The van der Waals surface area contributed by atoms with Crippen LogP contribution in [0.4, 0.5) is 0 Å². The molecule has 3 heteroatoms. The highest BCUT2D eigenvalue weighted by atomic mass is 16.4. The maximum Gasteiger partial charge on any atom is 0.309 e.